The molecule has 2 saturated heterocycles. The molecule has 0 aliphatic carbocycles. The van der Waals surface area contributed by atoms with Crippen molar-refractivity contribution in [2.45, 2.75) is 57.9 Å². The molecule has 1 N–H and O–H groups in total. The van der Waals surface area contributed by atoms with Crippen LogP contribution in [-0.2, 0) is 26.2 Å². The Labute approximate surface area is 201 Å². The molecular formula is C24H33N5O4S. The topological polar surface area (TPSA) is 105 Å². The van der Waals surface area contributed by atoms with E-state index in [1.54, 1.807) is 13.8 Å². The Morgan fingerprint density at radius 1 is 1.00 bits per heavy atom. The first-order valence-corrected chi connectivity index (χ1v) is 13.3. The molecule has 34 heavy (non-hydrogen) atoms. The molecule has 1 aromatic carbocycles. The lowest BCUT2D eigenvalue weighted by molar-refractivity contribution is -0.135. The summed E-state index contributed by atoms with van der Waals surface area (Å²) >= 11 is 0. The number of amides is 2. The molecular weight excluding hydrogens is 454 g/mol. The SMILES string of the molecule is Cc1ccc(NC(=O)Cn2nc(C)c(S(=O)(=O)N3CCC(C(=O)N4CCCC4)CC3)c2C)cc1. The van der Waals surface area contributed by atoms with E-state index in [0.29, 0.717) is 43.0 Å². The van der Waals surface area contributed by atoms with Crippen LogP contribution >= 0.6 is 0 Å². The standard InChI is InChI=1S/C24H33N5O4S/c1-17-6-8-21(9-7-17)25-22(30)16-29-19(3)23(18(2)26-29)34(32,33)28-14-10-20(11-15-28)24(31)27-12-4-5-13-27/h6-9,20H,4-5,10-16H2,1-3H3,(H,25,30). The van der Waals surface area contributed by atoms with Crippen molar-refractivity contribution in [3.05, 3.63) is 41.2 Å². The van der Waals surface area contributed by atoms with Gasteiger partial charge in [0.1, 0.15) is 11.4 Å². The van der Waals surface area contributed by atoms with Crippen LogP contribution < -0.4 is 5.32 Å². The molecule has 0 saturated carbocycles. The molecule has 2 amide bonds. The van der Waals surface area contributed by atoms with Crippen LogP contribution in [0.1, 0.15) is 42.6 Å². The smallest absolute Gasteiger partial charge is 0.246 e. The summed E-state index contributed by atoms with van der Waals surface area (Å²) in [5.74, 6) is -0.228. The minimum Gasteiger partial charge on any atom is -0.342 e. The highest BCUT2D eigenvalue weighted by Gasteiger charge is 2.37. The number of aromatic nitrogens is 2. The number of aryl methyl sites for hydroxylation is 2. The van der Waals surface area contributed by atoms with Crippen LogP contribution in [0.25, 0.3) is 0 Å². The van der Waals surface area contributed by atoms with Crippen LogP contribution in [0.4, 0.5) is 5.69 Å². The van der Waals surface area contributed by atoms with Gasteiger partial charge >= 0.3 is 0 Å². The number of likely N-dealkylation sites (tertiary alicyclic amines) is 1. The summed E-state index contributed by atoms with van der Waals surface area (Å²) in [7, 11) is -3.78. The van der Waals surface area contributed by atoms with Gasteiger partial charge in [-0.15, -0.1) is 0 Å². The van der Waals surface area contributed by atoms with E-state index in [-0.39, 0.29) is 29.2 Å². The van der Waals surface area contributed by atoms with Gasteiger partial charge in [0.15, 0.2) is 0 Å². The molecule has 0 spiro atoms. The molecule has 0 atom stereocenters. The maximum atomic E-state index is 13.5. The lowest BCUT2D eigenvalue weighted by Gasteiger charge is -2.32. The van der Waals surface area contributed by atoms with Gasteiger partial charge in [-0.25, -0.2) is 8.42 Å². The number of piperidine rings is 1. The van der Waals surface area contributed by atoms with Crippen LogP contribution in [0.5, 0.6) is 0 Å². The maximum absolute atomic E-state index is 13.5. The summed E-state index contributed by atoms with van der Waals surface area (Å²) in [5, 5.41) is 7.17. The average Bonchev–Trinajstić information content (AvgIpc) is 3.43. The fraction of sp³-hybridized carbons (Fsp3) is 0.542. The third kappa shape index (κ3) is 5.02. The number of nitrogens with zero attached hydrogens (tertiary/aromatic N) is 4. The van der Waals surface area contributed by atoms with E-state index in [0.717, 1.165) is 31.5 Å². The normalized spacial score (nSPS) is 17.8. The van der Waals surface area contributed by atoms with Crippen LogP contribution in [0, 0.1) is 26.7 Å². The minimum absolute atomic E-state index is 0.0809. The Bertz CT molecular complexity index is 1160. The molecule has 3 heterocycles. The summed E-state index contributed by atoms with van der Waals surface area (Å²) in [6.45, 7) is 7.46. The van der Waals surface area contributed by atoms with Crippen molar-refractivity contribution in [2.24, 2.45) is 5.92 Å². The summed E-state index contributed by atoms with van der Waals surface area (Å²) < 4.78 is 29.8. The molecule has 9 nitrogen and oxygen atoms in total. The van der Waals surface area contributed by atoms with E-state index in [1.807, 2.05) is 36.1 Å². The number of hydrogen-bond acceptors (Lipinski definition) is 5. The molecule has 10 heteroatoms. The Balaban J connectivity index is 1.42. The second-order valence-corrected chi connectivity index (χ2v) is 11.2. The van der Waals surface area contributed by atoms with Crippen molar-refractivity contribution in [1.82, 2.24) is 19.0 Å². The van der Waals surface area contributed by atoms with Crippen molar-refractivity contribution >= 4 is 27.5 Å². The quantitative estimate of drug-likeness (QED) is 0.674. The van der Waals surface area contributed by atoms with Crippen molar-refractivity contribution in [2.75, 3.05) is 31.5 Å². The van der Waals surface area contributed by atoms with Gasteiger partial charge in [0.05, 0.1) is 11.4 Å². The van der Waals surface area contributed by atoms with Crippen molar-refractivity contribution in [3.8, 4) is 0 Å². The number of hydrogen-bond donors (Lipinski definition) is 1. The fourth-order valence-corrected chi connectivity index (χ4v) is 6.69. The Morgan fingerprint density at radius 2 is 1.62 bits per heavy atom. The second kappa shape index (κ2) is 9.87. The number of carbonyl (C=O) groups excluding carboxylic acids is 2. The van der Waals surface area contributed by atoms with Crippen molar-refractivity contribution in [1.29, 1.82) is 0 Å². The van der Waals surface area contributed by atoms with Gasteiger partial charge in [-0.05, 0) is 58.6 Å². The number of carbonyl (C=O) groups is 2. The fourth-order valence-electron chi connectivity index (χ4n) is 4.85. The summed E-state index contributed by atoms with van der Waals surface area (Å²) in [6.07, 6.45) is 3.15. The summed E-state index contributed by atoms with van der Waals surface area (Å²) in [5.41, 5.74) is 2.58. The molecule has 2 aliphatic heterocycles. The Hall–Kier alpha value is -2.72. The number of anilines is 1. The highest BCUT2D eigenvalue weighted by molar-refractivity contribution is 7.89. The van der Waals surface area contributed by atoms with E-state index in [4.69, 9.17) is 0 Å². The first-order valence-electron chi connectivity index (χ1n) is 11.9. The van der Waals surface area contributed by atoms with Gasteiger partial charge in [0.25, 0.3) is 0 Å². The molecule has 1 aromatic heterocycles. The van der Waals surface area contributed by atoms with Gasteiger partial charge in [-0.2, -0.15) is 9.40 Å². The Kier molecular flexibility index (Phi) is 7.09. The highest BCUT2D eigenvalue weighted by atomic mass is 32.2. The molecule has 184 valence electrons. The summed E-state index contributed by atoms with van der Waals surface area (Å²) in [4.78, 5) is 27.3. The first-order chi connectivity index (χ1) is 16.2. The van der Waals surface area contributed by atoms with Crippen LogP contribution in [0.2, 0.25) is 0 Å². The third-order valence-corrected chi connectivity index (χ3v) is 8.91. The van der Waals surface area contributed by atoms with E-state index in [1.165, 1.54) is 8.99 Å². The van der Waals surface area contributed by atoms with Crippen LogP contribution in [0.3, 0.4) is 0 Å². The highest BCUT2D eigenvalue weighted by Crippen LogP contribution is 2.29. The molecule has 2 aliphatic rings. The zero-order valence-corrected chi connectivity index (χ0v) is 20.9. The van der Waals surface area contributed by atoms with E-state index >= 15 is 0 Å². The van der Waals surface area contributed by atoms with Gasteiger partial charge in [0.2, 0.25) is 21.8 Å². The van der Waals surface area contributed by atoms with Gasteiger partial charge in [-0.3, -0.25) is 14.3 Å². The molecule has 0 bridgehead atoms. The molecule has 2 fully saturated rings. The number of sulfonamides is 1. The monoisotopic (exact) mass is 487 g/mol. The van der Waals surface area contributed by atoms with E-state index in [2.05, 4.69) is 10.4 Å². The van der Waals surface area contributed by atoms with E-state index < -0.39 is 10.0 Å². The van der Waals surface area contributed by atoms with Gasteiger partial charge < -0.3 is 10.2 Å². The number of rotatable bonds is 6. The molecule has 2 aromatic rings. The number of benzene rings is 1. The van der Waals surface area contributed by atoms with Crippen LogP contribution in [-0.4, -0.2) is 65.4 Å². The minimum atomic E-state index is -3.78. The molecule has 0 radical (unpaired) electrons. The summed E-state index contributed by atoms with van der Waals surface area (Å²) in [6, 6.07) is 7.46. The van der Waals surface area contributed by atoms with Crippen molar-refractivity contribution in [3.63, 3.8) is 0 Å². The molecule has 0 unspecified atom stereocenters. The van der Waals surface area contributed by atoms with Crippen molar-refractivity contribution < 1.29 is 18.0 Å². The largest absolute Gasteiger partial charge is 0.342 e. The lowest BCUT2D eigenvalue weighted by Crippen LogP contribution is -2.43. The zero-order chi connectivity index (χ0) is 24.5. The lowest BCUT2D eigenvalue weighted by atomic mass is 9.97. The Morgan fingerprint density at radius 3 is 2.24 bits per heavy atom. The van der Waals surface area contributed by atoms with Gasteiger partial charge in [-0.1, -0.05) is 17.7 Å². The second-order valence-electron chi connectivity index (χ2n) is 9.28. The predicted molar refractivity (Wildman–Crippen MR) is 129 cm³/mol. The van der Waals surface area contributed by atoms with Crippen LogP contribution in [0.15, 0.2) is 29.2 Å². The maximum Gasteiger partial charge on any atom is 0.246 e. The van der Waals surface area contributed by atoms with Gasteiger partial charge in [0, 0.05) is 37.8 Å². The zero-order valence-electron chi connectivity index (χ0n) is 20.1. The first kappa shape index (κ1) is 24.4. The molecule has 4 rings (SSSR count). The average molecular weight is 488 g/mol. The van der Waals surface area contributed by atoms with E-state index in [9.17, 15) is 18.0 Å². The number of nitrogens with one attached hydrogen (secondary N) is 1. The predicted octanol–water partition coefficient (Wildman–Crippen LogP) is 2.47. The third-order valence-electron chi connectivity index (χ3n) is 6.76.